The number of hydrogen-bond acceptors (Lipinski definition) is 0. The second kappa shape index (κ2) is 9.14. The van der Waals surface area contributed by atoms with Crippen molar-refractivity contribution < 1.29 is 35.3 Å². The fourth-order valence-corrected chi connectivity index (χ4v) is 7.45. The molecule has 0 saturated carbocycles. The van der Waals surface area contributed by atoms with Crippen LogP contribution in [0.5, 0.6) is 0 Å². The van der Waals surface area contributed by atoms with Crippen LogP contribution in [0, 0.1) is 6.92 Å². The fourth-order valence-electron chi connectivity index (χ4n) is 7.45. The van der Waals surface area contributed by atoms with Gasteiger partial charge in [-0.15, -0.1) is 0 Å². The third kappa shape index (κ3) is 3.82. The van der Waals surface area contributed by atoms with Gasteiger partial charge < -0.3 is 0 Å². The van der Waals surface area contributed by atoms with Crippen LogP contribution in [0.25, 0.3) is 38.7 Å². The van der Waals surface area contributed by atoms with Gasteiger partial charge in [-0.05, 0) is 53.6 Å². The van der Waals surface area contributed by atoms with Gasteiger partial charge in [0.25, 0.3) is 5.69 Å². The number of rotatable bonds is 1. The van der Waals surface area contributed by atoms with Gasteiger partial charge in [0, 0.05) is 29.3 Å². The van der Waals surface area contributed by atoms with Crippen molar-refractivity contribution in [1.29, 1.82) is 0 Å². The van der Waals surface area contributed by atoms with Gasteiger partial charge in [-0.3, -0.25) is 0 Å². The summed E-state index contributed by atoms with van der Waals surface area (Å²) in [4.78, 5) is 0. The molecule has 3 aromatic carbocycles. The molecule has 1 aliphatic carbocycles. The molecule has 2 aliphatic rings. The Morgan fingerprint density at radius 3 is 2.18 bits per heavy atom. The lowest BCUT2D eigenvalue weighted by atomic mass is 9.80. The first kappa shape index (κ1) is 26.9. The lowest BCUT2D eigenvalue weighted by Crippen LogP contribution is -2.50. The molecule has 0 N–H and O–H groups in total. The van der Waals surface area contributed by atoms with Crippen molar-refractivity contribution in [2.24, 2.45) is 0 Å². The molecule has 2 atom stereocenters. The zero-order valence-electron chi connectivity index (χ0n) is 23.3. The molecule has 4 heterocycles. The molecule has 0 amide bonds. The van der Waals surface area contributed by atoms with Crippen LogP contribution < -0.4 is 8.97 Å². The zero-order valence-corrected chi connectivity index (χ0v) is 23.3. The van der Waals surface area contributed by atoms with Crippen LogP contribution >= 0.6 is 0 Å². The Labute approximate surface area is 248 Å². The molecule has 8 heteroatoms. The summed E-state index contributed by atoms with van der Waals surface area (Å²) >= 11 is 0. The molecule has 1 aliphatic heterocycles. The van der Waals surface area contributed by atoms with E-state index in [0.29, 0.717) is 12.5 Å². The molecule has 6 aromatic rings. The second-order valence-electron chi connectivity index (χ2n) is 11.6. The lowest BCUT2D eigenvalue weighted by molar-refractivity contribution is -0.724. The predicted molar refractivity (Wildman–Crippen MR) is 154 cm³/mol. The molecule has 2 nitrogen and oxygen atoms in total. The van der Waals surface area contributed by atoms with Gasteiger partial charge in [-0.2, -0.15) is 35.3 Å². The zero-order chi connectivity index (χ0) is 30.5. The molecule has 0 saturated heterocycles. The van der Waals surface area contributed by atoms with Gasteiger partial charge >= 0.3 is 12.4 Å². The van der Waals surface area contributed by atoms with E-state index in [1.165, 1.54) is 12.1 Å². The van der Waals surface area contributed by atoms with Gasteiger partial charge in [0.2, 0.25) is 17.3 Å². The number of hydrogen-bond donors (Lipinski definition) is 0. The summed E-state index contributed by atoms with van der Waals surface area (Å²) in [6.45, 7) is 1.84. The fraction of sp³-hybridized carbons (Fsp3) is 0.167. The van der Waals surface area contributed by atoms with Crippen LogP contribution in [-0.2, 0) is 18.8 Å². The van der Waals surface area contributed by atoms with Crippen molar-refractivity contribution >= 4 is 16.3 Å². The Balaban J connectivity index is 1.46. The molecule has 0 fully saturated rings. The lowest BCUT2D eigenvalue weighted by Gasteiger charge is -2.28. The van der Waals surface area contributed by atoms with Crippen molar-refractivity contribution in [2.75, 3.05) is 0 Å². The number of aryl methyl sites for hydroxylation is 1. The average Bonchev–Trinajstić information content (AvgIpc) is 3.41. The summed E-state index contributed by atoms with van der Waals surface area (Å²) in [5.74, 6) is -0.502. The van der Waals surface area contributed by atoms with Crippen LogP contribution in [0.4, 0.5) is 26.3 Å². The molecule has 44 heavy (non-hydrogen) atoms. The first-order valence-electron chi connectivity index (χ1n) is 14.3. The van der Waals surface area contributed by atoms with Crippen molar-refractivity contribution in [1.82, 2.24) is 0 Å². The number of nitrogens with zero attached hydrogens (tertiary/aromatic N) is 2. The molecular weight excluding hydrogens is 574 g/mol. The predicted octanol–water partition coefficient (Wildman–Crippen LogP) is 8.79. The summed E-state index contributed by atoms with van der Waals surface area (Å²) in [6.07, 6.45) is -6.21. The third-order valence-electron chi connectivity index (χ3n) is 9.15. The second-order valence-corrected chi connectivity index (χ2v) is 11.6. The van der Waals surface area contributed by atoms with E-state index in [9.17, 15) is 26.3 Å². The van der Waals surface area contributed by atoms with Crippen LogP contribution in [0.2, 0.25) is 0 Å². The van der Waals surface area contributed by atoms with E-state index >= 15 is 0 Å². The monoisotopic (exact) mass is 598 g/mol. The quantitative estimate of drug-likeness (QED) is 0.102. The highest BCUT2D eigenvalue weighted by Gasteiger charge is 2.56. The number of benzene rings is 3. The number of halogens is 6. The molecule has 0 spiro atoms. The standard InChI is InChI=1S/C36H24F6N2/c1-20-11-14-29-31-25(12-13-28(35(37,38)39)32(31)36(40,41)42)27-18-26-23-9-5-6-10-24(23)30-17-22(21-7-3-2-4-8-21)15-16-43(30)33(26)34(27)44(29)19-20/h2-17,19,27,34H,18H2,1H3/q+2. The Morgan fingerprint density at radius 1 is 0.727 bits per heavy atom. The number of fused-ring (bicyclic) bond motifs is 13. The number of alkyl halides is 6. The van der Waals surface area contributed by atoms with Gasteiger partial charge in [0.15, 0.2) is 12.4 Å². The minimum atomic E-state index is -5.21. The van der Waals surface area contributed by atoms with Crippen LogP contribution in [0.3, 0.4) is 0 Å². The van der Waals surface area contributed by atoms with E-state index < -0.39 is 35.4 Å². The normalized spacial score (nSPS) is 17.3. The summed E-state index contributed by atoms with van der Waals surface area (Å²) in [5.41, 5.74) is 2.49. The minimum absolute atomic E-state index is 0.126. The summed E-state index contributed by atoms with van der Waals surface area (Å²) in [5, 5.41) is 1.99. The van der Waals surface area contributed by atoms with Crippen LogP contribution in [0.1, 0.15) is 45.5 Å². The molecule has 3 aromatic heterocycles. The first-order chi connectivity index (χ1) is 21.0. The molecule has 0 radical (unpaired) electrons. The summed E-state index contributed by atoms with van der Waals surface area (Å²) < 4.78 is 90.0. The molecule has 218 valence electrons. The molecule has 2 unspecified atom stereocenters. The number of aromatic nitrogens is 2. The smallest absolute Gasteiger partial charge is 0.184 e. The molecule has 8 rings (SSSR count). The van der Waals surface area contributed by atoms with E-state index in [-0.39, 0.29) is 16.8 Å². The Morgan fingerprint density at radius 2 is 1.45 bits per heavy atom. The van der Waals surface area contributed by atoms with Crippen molar-refractivity contribution in [3.63, 3.8) is 0 Å². The molecule has 0 bridgehead atoms. The Hall–Kier alpha value is -4.72. The SMILES string of the molecule is Cc1ccc2[n+](c1)C1c3c(c4ccccc4c4cc(-c5ccccc5)cc[n+]34)CC1c1ccc(C(F)(F)F)c(C(F)(F)F)c1-2. The highest BCUT2D eigenvalue weighted by atomic mass is 19.4. The van der Waals surface area contributed by atoms with Crippen molar-refractivity contribution in [3.8, 4) is 22.4 Å². The van der Waals surface area contributed by atoms with E-state index in [2.05, 4.69) is 10.5 Å². The van der Waals surface area contributed by atoms with E-state index in [1.54, 1.807) is 16.8 Å². The van der Waals surface area contributed by atoms with Crippen molar-refractivity contribution in [3.05, 3.63) is 137 Å². The third-order valence-corrected chi connectivity index (χ3v) is 9.15. The average molecular weight is 599 g/mol. The maximum atomic E-state index is 14.6. The highest BCUT2D eigenvalue weighted by Crippen LogP contribution is 2.54. The van der Waals surface area contributed by atoms with Gasteiger partial charge in [0.05, 0.1) is 28.0 Å². The van der Waals surface area contributed by atoms with Gasteiger partial charge in [-0.25, -0.2) is 0 Å². The number of pyridine rings is 3. The van der Waals surface area contributed by atoms with Crippen LogP contribution in [0.15, 0.2) is 103 Å². The van der Waals surface area contributed by atoms with Gasteiger partial charge in [0.1, 0.15) is 0 Å². The highest BCUT2D eigenvalue weighted by molar-refractivity contribution is 5.97. The maximum Gasteiger partial charge on any atom is 0.417 e. The Kier molecular flexibility index (Phi) is 5.58. The minimum Gasteiger partial charge on any atom is -0.184 e. The summed E-state index contributed by atoms with van der Waals surface area (Å²) in [7, 11) is 0. The van der Waals surface area contributed by atoms with E-state index in [0.717, 1.165) is 44.2 Å². The van der Waals surface area contributed by atoms with Crippen LogP contribution in [-0.4, -0.2) is 0 Å². The van der Waals surface area contributed by atoms with E-state index in [4.69, 9.17) is 0 Å². The van der Waals surface area contributed by atoms with Gasteiger partial charge in [-0.1, -0.05) is 54.6 Å². The molecular formula is C36H24F6N2+2. The first-order valence-corrected chi connectivity index (χ1v) is 14.3. The maximum absolute atomic E-state index is 14.6. The van der Waals surface area contributed by atoms with Crippen molar-refractivity contribution in [2.45, 2.75) is 37.7 Å². The Bertz CT molecular complexity index is 2150. The largest absolute Gasteiger partial charge is 0.417 e. The summed E-state index contributed by atoms with van der Waals surface area (Å²) in [6, 6.07) is 26.8. The topological polar surface area (TPSA) is 7.98 Å². The van der Waals surface area contributed by atoms with E-state index in [1.807, 2.05) is 73.8 Å².